The van der Waals surface area contributed by atoms with Gasteiger partial charge in [-0.2, -0.15) is 70.2 Å². The van der Waals surface area contributed by atoms with Crippen molar-refractivity contribution in [1.82, 2.24) is 0 Å². The maximum atomic E-state index is 14.0. The van der Waals surface area contributed by atoms with Crippen LogP contribution in [0.25, 0.3) is 0 Å². The van der Waals surface area contributed by atoms with Gasteiger partial charge in [0.15, 0.2) is 0 Å². The van der Waals surface area contributed by atoms with Gasteiger partial charge in [0.2, 0.25) is 0 Å². The second-order valence-corrected chi connectivity index (χ2v) is 8.16. The van der Waals surface area contributed by atoms with Crippen LogP contribution in [0.3, 0.4) is 0 Å². The van der Waals surface area contributed by atoms with Crippen molar-refractivity contribution < 1.29 is 84.6 Å². The molecule has 0 heterocycles. The third-order valence-electron chi connectivity index (χ3n) is 4.82. The molecule has 0 unspecified atom stereocenters. The molecule has 0 radical (unpaired) electrons. The van der Waals surface area contributed by atoms with Crippen molar-refractivity contribution >= 4 is 29.2 Å². The zero-order chi connectivity index (χ0) is 32.0. The maximum Gasteiger partial charge on any atom is 0.393 e. The molecule has 40 heavy (non-hydrogen) atoms. The first kappa shape index (κ1) is 35.4. The van der Waals surface area contributed by atoms with Gasteiger partial charge < -0.3 is 10.1 Å². The number of anilines is 1. The smallest absolute Gasteiger partial charge is 0.393 e. The van der Waals surface area contributed by atoms with Crippen LogP contribution in [0.15, 0.2) is 24.3 Å². The monoisotopic (exact) mass is 641 g/mol. The Hall–Kier alpha value is -2.67. The number of hydrogen-bond acceptors (Lipinski definition) is 3. The first-order valence-corrected chi connectivity index (χ1v) is 10.3. The minimum absolute atomic E-state index is 0.103. The fourth-order valence-corrected chi connectivity index (χ4v) is 2.60. The van der Waals surface area contributed by atoms with E-state index in [1.165, 1.54) is 0 Å². The fraction of sp³-hybridized carbons (Fsp3) is 0.579. The minimum atomic E-state index is -8.68. The summed E-state index contributed by atoms with van der Waals surface area (Å²) in [5.74, 6) is -62.0. The molecule has 0 saturated heterocycles. The van der Waals surface area contributed by atoms with Crippen molar-refractivity contribution in [2.75, 3.05) is 11.9 Å². The lowest BCUT2D eigenvalue weighted by Crippen LogP contribution is -2.75. The van der Waals surface area contributed by atoms with Crippen molar-refractivity contribution in [1.29, 1.82) is 0 Å². The highest BCUT2D eigenvalue weighted by Crippen LogP contribution is 2.64. The van der Waals surface area contributed by atoms with Crippen LogP contribution in [-0.2, 0) is 9.53 Å². The molecule has 1 N–H and O–H groups in total. The SMILES string of the molecule is CCCOC(=O)c1ccc(NC(=O)C(F)(F)C(F)(F)C(F)(F)C(F)(F)C(F)(F)C(F)(F)C(F)(F)C(F)(F)Cl)cc1. The van der Waals surface area contributed by atoms with Gasteiger partial charge >= 0.3 is 58.7 Å². The molecule has 1 aromatic rings. The first-order chi connectivity index (χ1) is 17.6. The maximum absolute atomic E-state index is 14.0. The van der Waals surface area contributed by atoms with Crippen LogP contribution >= 0.6 is 11.6 Å². The van der Waals surface area contributed by atoms with Gasteiger partial charge in [0.25, 0.3) is 0 Å². The zero-order valence-electron chi connectivity index (χ0n) is 18.9. The van der Waals surface area contributed by atoms with Gasteiger partial charge in [0.05, 0.1) is 12.2 Å². The number of amides is 1. The summed E-state index contributed by atoms with van der Waals surface area (Å²) in [6.45, 7) is 1.48. The van der Waals surface area contributed by atoms with E-state index in [1.807, 2.05) is 0 Å². The van der Waals surface area contributed by atoms with E-state index in [9.17, 15) is 79.8 Å². The van der Waals surface area contributed by atoms with Crippen molar-refractivity contribution in [3.05, 3.63) is 29.8 Å². The van der Waals surface area contributed by atoms with Crippen molar-refractivity contribution in [2.24, 2.45) is 0 Å². The van der Waals surface area contributed by atoms with Crippen LogP contribution < -0.4 is 5.32 Å². The number of nitrogens with one attached hydrogen (secondary N) is 1. The Morgan fingerprint density at radius 1 is 0.675 bits per heavy atom. The minimum Gasteiger partial charge on any atom is -0.462 e. The predicted molar refractivity (Wildman–Crippen MR) is 101 cm³/mol. The number of esters is 1. The Morgan fingerprint density at radius 3 is 1.43 bits per heavy atom. The van der Waals surface area contributed by atoms with Crippen LogP contribution in [0.4, 0.5) is 75.9 Å². The molecule has 4 nitrogen and oxygen atoms in total. The summed E-state index contributed by atoms with van der Waals surface area (Å²) in [4.78, 5) is 23.2. The van der Waals surface area contributed by atoms with Crippen LogP contribution in [0.2, 0.25) is 0 Å². The van der Waals surface area contributed by atoms with Gasteiger partial charge in [-0.25, -0.2) is 4.79 Å². The molecule has 0 atom stereocenters. The Labute approximate surface area is 216 Å². The van der Waals surface area contributed by atoms with Crippen molar-refractivity contribution in [3.63, 3.8) is 0 Å². The summed E-state index contributed by atoms with van der Waals surface area (Å²) in [6.07, 6.45) is 0.345. The average Bonchev–Trinajstić information content (AvgIpc) is 2.81. The van der Waals surface area contributed by atoms with E-state index in [0.29, 0.717) is 30.7 Å². The molecule has 0 aliphatic heterocycles. The van der Waals surface area contributed by atoms with Gasteiger partial charge in [-0.3, -0.25) is 4.79 Å². The average molecular weight is 642 g/mol. The molecule has 0 aromatic heterocycles. The highest BCUT2D eigenvalue weighted by atomic mass is 35.5. The normalized spacial score (nSPS) is 14.7. The molecule has 0 saturated carbocycles. The second-order valence-electron chi connectivity index (χ2n) is 7.69. The van der Waals surface area contributed by atoms with E-state index in [2.05, 4.69) is 16.3 Å². The number of alkyl halides is 17. The molecule has 0 spiro atoms. The van der Waals surface area contributed by atoms with Crippen molar-refractivity contribution in [3.8, 4) is 0 Å². The van der Waals surface area contributed by atoms with Gasteiger partial charge in [0, 0.05) is 5.69 Å². The van der Waals surface area contributed by atoms with Gasteiger partial charge in [-0.1, -0.05) is 6.92 Å². The fourth-order valence-electron chi connectivity index (χ4n) is 2.48. The van der Waals surface area contributed by atoms with E-state index in [-0.39, 0.29) is 12.2 Å². The number of hydrogen-bond donors (Lipinski definition) is 1. The van der Waals surface area contributed by atoms with Crippen LogP contribution in [0.5, 0.6) is 0 Å². The Balaban J connectivity index is 3.43. The third kappa shape index (κ3) is 5.34. The van der Waals surface area contributed by atoms with Crippen LogP contribution in [0.1, 0.15) is 23.7 Å². The lowest BCUT2D eigenvalue weighted by Gasteiger charge is -2.42. The summed E-state index contributed by atoms with van der Waals surface area (Å²) in [6, 6.07) is 2.32. The molecule has 1 aromatic carbocycles. The van der Waals surface area contributed by atoms with E-state index in [1.54, 1.807) is 6.92 Å². The highest BCUT2D eigenvalue weighted by Gasteiger charge is 2.95. The lowest BCUT2D eigenvalue weighted by molar-refractivity contribution is -0.445. The molecular weight excluding hydrogens is 630 g/mol. The van der Waals surface area contributed by atoms with Gasteiger partial charge in [-0.05, 0) is 42.3 Å². The van der Waals surface area contributed by atoms with E-state index in [4.69, 9.17) is 0 Å². The Morgan fingerprint density at radius 2 is 1.05 bits per heavy atom. The number of halogens is 17. The number of rotatable bonds is 12. The second kappa shape index (κ2) is 10.6. The summed E-state index contributed by atoms with van der Waals surface area (Å²) >= 11 is 3.43. The highest BCUT2D eigenvalue weighted by molar-refractivity contribution is 6.22. The topological polar surface area (TPSA) is 55.4 Å². The quantitative estimate of drug-likeness (QED) is 0.146. The number of benzene rings is 1. The number of ether oxygens (including phenoxy) is 1. The largest absolute Gasteiger partial charge is 0.462 e. The number of carbonyl (C=O) groups excluding carboxylic acids is 2. The van der Waals surface area contributed by atoms with Gasteiger partial charge in [0.1, 0.15) is 0 Å². The summed E-state index contributed by atoms with van der Waals surface area (Å²) < 4.78 is 221. The van der Waals surface area contributed by atoms with E-state index < -0.39 is 64.4 Å². The molecule has 21 heteroatoms. The molecular formula is C19H12ClF16NO3. The first-order valence-electron chi connectivity index (χ1n) is 9.89. The predicted octanol–water partition coefficient (Wildman–Crippen LogP) is 7.47. The molecule has 0 aliphatic carbocycles. The zero-order valence-corrected chi connectivity index (χ0v) is 19.6. The summed E-state index contributed by atoms with van der Waals surface area (Å²) in [7, 11) is 0. The van der Waals surface area contributed by atoms with E-state index in [0.717, 1.165) is 5.32 Å². The molecule has 1 amide bonds. The Bertz CT molecular complexity index is 1090. The number of carbonyl (C=O) groups is 2. The Kier molecular flexibility index (Phi) is 9.39. The van der Waals surface area contributed by atoms with Crippen LogP contribution in [-0.4, -0.2) is 65.3 Å². The molecule has 0 fully saturated rings. The summed E-state index contributed by atoms with van der Waals surface area (Å²) in [5, 5.41) is -6.13. The molecule has 1 rings (SSSR count). The molecule has 0 bridgehead atoms. The standard InChI is InChI=1S/C19H12ClF16NO3/c1-2-7-40-10(38)8-3-5-9(6-4-8)37-11(39)12(21,22)13(23,24)14(25,26)15(27,28)16(29,30)17(31,32)18(33,34)19(20,35)36/h3-6H,2,7H2,1H3,(H,37,39). The van der Waals surface area contributed by atoms with Crippen LogP contribution in [0, 0.1) is 0 Å². The van der Waals surface area contributed by atoms with Gasteiger partial charge in [-0.15, -0.1) is 0 Å². The molecule has 230 valence electrons. The lowest BCUT2D eigenvalue weighted by atomic mass is 9.89. The molecule has 0 aliphatic rings. The third-order valence-corrected chi connectivity index (χ3v) is 5.06. The summed E-state index contributed by atoms with van der Waals surface area (Å²) in [5.41, 5.74) is -1.39. The van der Waals surface area contributed by atoms with Crippen molar-refractivity contribution in [2.45, 2.75) is 60.2 Å². The van der Waals surface area contributed by atoms with E-state index >= 15 is 0 Å².